The SMILES string of the molecule is CCS(=O)C1CCCCC1NC1CCCC(C2CC2)C1. The molecule has 0 aromatic rings. The molecule has 0 radical (unpaired) electrons. The highest BCUT2D eigenvalue weighted by molar-refractivity contribution is 7.85. The van der Waals surface area contributed by atoms with E-state index in [2.05, 4.69) is 12.2 Å². The second-order valence-corrected chi connectivity index (χ2v) is 9.17. The van der Waals surface area contributed by atoms with Gasteiger partial charge in [-0.3, -0.25) is 4.21 Å². The van der Waals surface area contributed by atoms with E-state index >= 15 is 0 Å². The first-order valence-corrected chi connectivity index (χ1v) is 10.3. The Bertz CT molecular complexity index is 342. The molecule has 0 heterocycles. The quantitative estimate of drug-likeness (QED) is 0.839. The lowest BCUT2D eigenvalue weighted by molar-refractivity contribution is 0.231. The van der Waals surface area contributed by atoms with E-state index in [0.29, 0.717) is 17.3 Å². The summed E-state index contributed by atoms with van der Waals surface area (Å²) in [5.41, 5.74) is 0. The van der Waals surface area contributed by atoms with E-state index in [1.165, 1.54) is 64.2 Å². The number of nitrogens with one attached hydrogen (secondary N) is 1. The Kier molecular flexibility index (Phi) is 5.19. The lowest BCUT2D eigenvalue weighted by Gasteiger charge is -2.37. The van der Waals surface area contributed by atoms with Gasteiger partial charge in [-0.15, -0.1) is 0 Å². The normalized spacial score (nSPS) is 40.5. The molecule has 3 fully saturated rings. The van der Waals surface area contributed by atoms with Crippen LogP contribution in [0, 0.1) is 11.8 Å². The van der Waals surface area contributed by atoms with Gasteiger partial charge in [-0.05, 0) is 50.4 Å². The van der Waals surface area contributed by atoms with Crippen LogP contribution in [0.1, 0.15) is 71.1 Å². The van der Waals surface area contributed by atoms with Gasteiger partial charge in [0.1, 0.15) is 0 Å². The van der Waals surface area contributed by atoms with E-state index in [0.717, 1.165) is 17.6 Å². The Morgan fingerprint density at radius 1 is 0.950 bits per heavy atom. The largest absolute Gasteiger partial charge is 0.310 e. The van der Waals surface area contributed by atoms with Crippen LogP contribution in [0.3, 0.4) is 0 Å². The maximum Gasteiger partial charge on any atom is 0.0501 e. The summed E-state index contributed by atoms with van der Waals surface area (Å²) in [5, 5.41) is 4.37. The molecule has 3 heteroatoms. The van der Waals surface area contributed by atoms with Crippen molar-refractivity contribution in [3.8, 4) is 0 Å². The summed E-state index contributed by atoms with van der Waals surface area (Å²) in [5.74, 6) is 2.89. The minimum Gasteiger partial charge on any atom is -0.310 e. The average molecular weight is 298 g/mol. The monoisotopic (exact) mass is 297 g/mol. The summed E-state index contributed by atoms with van der Waals surface area (Å²) in [4.78, 5) is 0. The molecule has 20 heavy (non-hydrogen) atoms. The van der Waals surface area contributed by atoms with Gasteiger partial charge in [-0.25, -0.2) is 0 Å². The van der Waals surface area contributed by atoms with Crippen LogP contribution in [-0.4, -0.2) is 27.3 Å². The Balaban J connectivity index is 1.55. The first kappa shape index (κ1) is 15.0. The van der Waals surface area contributed by atoms with Crippen LogP contribution in [0.25, 0.3) is 0 Å². The number of hydrogen-bond acceptors (Lipinski definition) is 2. The predicted octanol–water partition coefficient (Wildman–Crippen LogP) is 3.62. The van der Waals surface area contributed by atoms with Crippen LogP contribution in [0.15, 0.2) is 0 Å². The number of rotatable bonds is 5. The van der Waals surface area contributed by atoms with Gasteiger partial charge in [0.2, 0.25) is 0 Å². The Morgan fingerprint density at radius 3 is 2.50 bits per heavy atom. The van der Waals surface area contributed by atoms with Crippen molar-refractivity contribution in [2.24, 2.45) is 11.8 Å². The van der Waals surface area contributed by atoms with E-state index in [9.17, 15) is 4.21 Å². The van der Waals surface area contributed by atoms with Crippen molar-refractivity contribution in [1.29, 1.82) is 0 Å². The van der Waals surface area contributed by atoms with Gasteiger partial charge < -0.3 is 5.32 Å². The second-order valence-electron chi connectivity index (χ2n) is 7.23. The van der Waals surface area contributed by atoms with E-state index in [1.54, 1.807) is 0 Å². The zero-order valence-electron chi connectivity index (χ0n) is 13.0. The molecule has 0 bridgehead atoms. The third kappa shape index (κ3) is 3.65. The highest BCUT2D eigenvalue weighted by atomic mass is 32.2. The van der Waals surface area contributed by atoms with Crippen molar-refractivity contribution in [2.45, 2.75) is 88.5 Å². The lowest BCUT2D eigenvalue weighted by atomic mass is 9.82. The maximum atomic E-state index is 12.3. The molecule has 0 aromatic carbocycles. The first-order valence-electron chi connectivity index (χ1n) is 8.91. The Morgan fingerprint density at radius 2 is 1.75 bits per heavy atom. The average Bonchev–Trinajstić information content (AvgIpc) is 3.32. The summed E-state index contributed by atoms with van der Waals surface area (Å²) in [6, 6.07) is 1.25. The molecule has 3 saturated carbocycles. The van der Waals surface area contributed by atoms with Crippen LogP contribution < -0.4 is 5.32 Å². The summed E-state index contributed by atoms with van der Waals surface area (Å²) in [6.45, 7) is 2.07. The van der Waals surface area contributed by atoms with Gasteiger partial charge in [0, 0.05) is 28.6 Å². The summed E-state index contributed by atoms with van der Waals surface area (Å²) < 4.78 is 12.3. The molecule has 0 aromatic heterocycles. The third-order valence-corrected chi connectivity index (χ3v) is 7.59. The van der Waals surface area contributed by atoms with Crippen LogP contribution in [-0.2, 0) is 10.8 Å². The lowest BCUT2D eigenvalue weighted by Crippen LogP contribution is -2.50. The van der Waals surface area contributed by atoms with Crippen molar-refractivity contribution in [3.05, 3.63) is 0 Å². The molecule has 116 valence electrons. The van der Waals surface area contributed by atoms with Crippen LogP contribution >= 0.6 is 0 Å². The molecule has 0 spiro atoms. The van der Waals surface area contributed by atoms with Crippen LogP contribution in [0.2, 0.25) is 0 Å². The molecular weight excluding hydrogens is 266 g/mol. The molecule has 0 aliphatic heterocycles. The summed E-state index contributed by atoms with van der Waals surface area (Å²) in [7, 11) is -0.616. The molecule has 0 saturated heterocycles. The second kappa shape index (κ2) is 6.91. The van der Waals surface area contributed by atoms with E-state index < -0.39 is 10.8 Å². The molecule has 5 atom stereocenters. The van der Waals surface area contributed by atoms with E-state index in [4.69, 9.17) is 0 Å². The van der Waals surface area contributed by atoms with E-state index in [-0.39, 0.29) is 0 Å². The Labute approximate surface area is 126 Å². The topological polar surface area (TPSA) is 29.1 Å². The van der Waals surface area contributed by atoms with Crippen molar-refractivity contribution in [3.63, 3.8) is 0 Å². The van der Waals surface area contributed by atoms with Crippen LogP contribution in [0.5, 0.6) is 0 Å². The van der Waals surface area contributed by atoms with Crippen LogP contribution in [0.4, 0.5) is 0 Å². The predicted molar refractivity (Wildman–Crippen MR) is 86.3 cm³/mol. The molecule has 3 aliphatic carbocycles. The third-order valence-electron chi connectivity index (χ3n) is 5.78. The standard InChI is InChI=1S/C17H31NOS/c1-2-20(19)17-9-4-3-8-16(17)18-15-7-5-6-14(12-15)13-10-11-13/h13-18H,2-12H2,1H3. The van der Waals surface area contributed by atoms with Crippen molar-refractivity contribution >= 4 is 10.8 Å². The molecule has 5 unspecified atom stereocenters. The minimum atomic E-state index is -0.616. The fourth-order valence-electron chi connectivity index (χ4n) is 4.49. The zero-order chi connectivity index (χ0) is 13.9. The smallest absolute Gasteiger partial charge is 0.0501 e. The van der Waals surface area contributed by atoms with Gasteiger partial charge in [0.15, 0.2) is 0 Å². The fourth-order valence-corrected chi connectivity index (χ4v) is 5.93. The molecule has 1 N–H and O–H groups in total. The minimum absolute atomic E-state index is 0.426. The van der Waals surface area contributed by atoms with Gasteiger partial charge >= 0.3 is 0 Å². The van der Waals surface area contributed by atoms with Gasteiger partial charge in [-0.2, -0.15) is 0 Å². The molecule has 0 amide bonds. The van der Waals surface area contributed by atoms with Gasteiger partial charge in [0.25, 0.3) is 0 Å². The van der Waals surface area contributed by atoms with Gasteiger partial charge in [-0.1, -0.05) is 32.6 Å². The molecule has 3 aliphatic rings. The fraction of sp³-hybridized carbons (Fsp3) is 1.00. The Hall–Kier alpha value is 0.110. The van der Waals surface area contributed by atoms with Gasteiger partial charge in [0.05, 0.1) is 5.25 Å². The summed E-state index contributed by atoms with van der Waals surface area (Å²) in [6.07, 6.45) is 13.6. The zero-order valence-corrected chi connectivity index (χ0v) is 13.8. The van der Waals surface area contributed by atoms with E-state index in [1.807, 2.05) is 0 Å². The van der Waals surface area contributed by atoms with Crippen molar-refractivity contribution in [2.75, 3.05) is 5.75 Å². The highest BCUT2D eigenvalue weighted by Crippen LogP contribution is 2.44. The van der Waals surface area contributed by atoms with Crippen molar-refractivity contribution in [1.82, 2.24) is 5.32 Å². The maximum absolute atomic E-state index is 12.3. The molecule has 3 rings (SSSR count). The molecular formula is C17H31NOS. The summed E-state index contributed by atoms with van der Waals surface area (Å²) >= 11 is 0. The first-order chi connectivity index (χ1) is 9.78. The van der Waals surface area contributed by atoms with Crippen molar-refractivity contribution < 1.29 is 4.21 Å². The highest BCUT2D eigenvalue weighted by Gasteiger charge is 2.36. The number of hydrogen-bond donors (Lipinski definition) is 1. The molecule has 2 nitrogen and oxygen atoms in total.